The third kappa shape index (κ3) is 8.17. The highest BCUT2D eigenvalue weighted by Gasteiger charge is 2.45. The highest BCUT2D eigenvalue weighted by atomic mass is 16.6. The zero-order chi connectivity index (χ0) is 35.5. The molecule has 5 rings (SSSR count). The average molecular weight is 677 g/mol. The minimum atomic E-state index is -1.20. The van der Waals surface area contributed by atoms with Crippen LogP contribution in [0.3, 0.4) is 0 Å². The Labute approximate surface area is 287 Å². The van der Waals surface area contributed by atoms with E-state index in [0.29, 0.717) is 12.8 Å². The summed E-state index contributed by atoms with van der Waals surface area (Å²) in [7, 11) is 1.45. The Hall–Kier alpha value is -4.61. The third-order valence-electron chi connectivity index (χ3n) is 9.86. The molecule has 1 heterocycles. The Morgan fingerprint density at radius 3 is 2.12 bits per heavy atom. The molecule has 2 aromatic carbocycles. The number of likely N-dealkylation sites (tertiary alicyclic amines) is 1. The van der Waals surface area contributed by atoms with Gasteiger partial charge in [0, 0.05) is 25.9 Å². The lowest BCUT2D eigenvalue weighted by Gasteiger charge is -2.35. The number of hydrogen-bond acceptors (Lipinski definition) is 7. The van der Waals surface area contributed by atoms with E-state index < -0.39 is 59.7 Å². The van der Waals surface area contributed by atoms with E-state index in [9.17, 15) is 29.1 Å². The monoisotopic (exact) mass is 676 g/mol. The molecule has 3 N–H and O–H groups in total. The number of fused-ring (bicyclic) bond motifs is 3. The summed E-state index contributed by atoms with van der Waals surface area (Å²) in [6, 6.07) is 12.2. The Morgan fingerprint density at radius 2 is 1.55 bits per heavy atom. The van der Waals surface area contributed by atoms with Crippen molar-refractivity contribution >= 4 is 30.0 Å². The van der Waals surface area contributed by atoms with Crippen molar-refractivity contribution in [3.8, 4) is 11.1 Å². The highest BCUT2D eigenvalue weighted by Crippen LogP contribution is 2.44. The van der Waals surface area contributed by atoms with Gasteiger partial charge in [0.25, 0.3) is 0 Å². The quantitative estimate of drug-likeness (QED) is 0.339. The van der Waals surface area contributed by atoms with Gasteiger partial charge in [0.05, 0.1) is 6.04 Å². The van der Waals surface area contributed by atoms with Gasteiger partial charge in [0.15, 0.2) is 0 Å². The van der Waals surface area contributed by atoms with Crippen molar-refractivity contribution in [2.24, 2.45) is 5.92 Å². The minimum absolute atomic E-state index is 0.00557. The number of nitrogens with one attached hydrogen (secondary N) is 2. The van der Waals surface area contributed by atoms with Crippen molar-refractivity contribution in [2.75, 3.05) is 20.2 Å². The number of carbonyl (C=O) groups excluding carboxylic acids is 4. The number of benzene rings is 2. The normalized spacial score (nSPS) is 20.4. The number of ether oxygens (including phenoxy) is 2. The van der Waals surface area contributed by atoms with E-state index in [2.05, 4.69) is 10.6 Å². The Kier molecular flexibility index (Phi) is 10.8. The van der Waals surface area contributed by atoms with Crippen LogP contribution >= 0.6 is 0 Å². The summed E-state index contributed by atoms with van der Waals surface area (Å²) in [5.74, 6) is -2.60. The van der Waals surface area contributed by atoms with Crippen LogP contribution in [0.25, 0.3) is 11.1 Å². The number of hydrogen-bond donors (Lipinski definition) is 3. The highest BCUT2D eigenvalue weighted by molar-refractivity contribution is 5.93. The van der Waals surface area contributed by atoms with Gasteiger partial charge in [-0.2, -0.15) is 0 Å². The summed E-state index contributed by atoms with van der Waals surface area (Å²) in [5, 5.41) is 15.8. The molecule has 12 nitrogen and oxygen atoms in total. The van der Waals surface area contributed by atoms with E-state index >= 15 is 0 Å². The number of amides is 4. The van der Waals surface area contributed by atoms with Crippen LogP contribution in [0.5, 0.6) is 0 Å². The topological polar surface area (TPSA) is 155 Å². The van der Waals surface area contributed by atoms with Crippen molar-refractivity contribution in [3.05, 3.63) is 59.7 Å². The van der Waals surface area contributed by atoms with Gasteiger partial charge in [-0.25, -0.2) is 14.4 Å². The minimum Gasteiger partial charge on any atom is -0.480 e. The van der Waals surface area contributed by atoms with Gasteiger partial charge in [0.1, 0.15) is 30.3 Å². The molecule has 4 atom stereocenters. The van der Waals surface area contributed by atoms with Gasteiger partial charge in [-0.15, -0.1) is 0 Å². The number of carboxylic acid groups (broad SMARTS) is 1. The van der Waals surface area contributed by atoms with Crippen molar-refractivity contribution in [1.82, 2.24) is 20.4 Å². The summed E-state index contributed by atoms with van der Waals surface area (Å²) in [6.45, 7) is 6.78. The summed E-state index contributed by atoms with van der Waals surface area (Å²) in [6.07, 6.45) is 2.79. The maximum atomic E-state index is 14.2. The van der Waals surface area contributed by atoms with Crippen molar-refractivity contribution in [1.29, 1.82) is 0 Å². The zero-order valence-electron chi connectivity index (χ0n) is 28.9. The van der Waals surface area contributed by atoms with Crippen LogP contribution in [0.4, 0.5) is 9.59 Å². The summed E-state index contributed by atoms with van der Waals surface area (Å²) in [5.41, 5.74) is 3.59. The lowest BCUT2D eigenvalue weighted by Crippen LogP contribution is -2.58. The standard InChI is InChI=1S/C37H48N4O8/c1-22(40(5)36(47)49-37(2,3)4)32(42)39-31(23-13-7-6-8-14-23)33(43)41-20-24(19-30(41)34(44)45)38-35(46)48-21-29-27-17-11-9-15-25(27)26-16-10-12-18-28(26)29/h9-12,15-18,22-24,29-31H,6-8,13-14,19-21H2,1-5H3,(H,38,46)(H,39,42)(H,44,45)/t22?,24-,30-,31?/m0/s1. The Balaban J connectivity index is 1.25. The molecule has 0 bridgehead atoms. The Morgan fingerprint density at radius 1 is 0.959 bits per heavy atom. The molecule has 49 heavy (non-hydrogen) atoms. The number of alkyl carbamates (subject to hydrolysis) is 1. The molecule has 2 unspecified atom stereocenters. The second-order valence-corrected chi connectivity index (χ2v) is 14.4. The molecular formula is C37H48N4O8. The summed E-state index contributed by atoms with van der Waals surface area (Å²) < 4.78 is 11.1. The molecular weight excluding hydrogens is 628 g/mol. The van der Waals surface area contributed by atoms with Crippen LogP contribution in [0, 0.1) is 5.92 Å². The van der Waals surface area contributed by atoms with Crippen molar-refractivity contribution < 1.29 is 38.6 Å². The van der Waals surface area contributed by atoms with Gasteiger partial charge in [-0.05, 0) is 68.7 Å². The molecule has 2 aliphatic carbocycles. The van der Waals surface area contributed by atoms with E-state index in [-0.39, 0.29) is 31.4 Å². The van der Waals surface area contributed by atoms with Gasteiger partial charge >= 0.3 is 18.2 Å². The van der Waals surface area contributed by atoms with Crippen LogP contribution in [-0.4, -0.2) is 94.8 Å². The maximum absolute atomic E-state index is 14.2. The zero-order valence-corrected chi connectivity index (χ0v) is 28.9. The number of nitrogens with zero attached hydrogens (tertiary/aromatic N) is 2. The second kappa shape index (κ2) is 14.9. The van der Waals surface area contributed by atoms with Crippen LogP contribution in [0.2, 0.25) is 0 Å². The first-order chi connectivity index (χ1) is 23.2. The molecule has 0 radical (unpaired) electrons. The molecule has 1 saturated carbocycles. The number of carbonyl (C=O) groups is 5. The van der Waals surface area contributed by atoms with Crippen LogP contribution in [0.15, 0.2) is 48.5 Å². The van der Waals surface area contributed by atoms with E-state index in [1.807, 2.05) is 48.5 Å². The second-order valence-electron chi connectivity index (χ2n) is 14.4. The predicted octanol–water partition coefficient (Wildman–Crippen LogP) is 4.90. The molecule has 4 amide bonds. The van der Waals surface area contributed by atoms with E-state index in [1.54, 1.807) is 27.7 Å². The fourth-order valence-electron chi connectivity index (χ4n) is 7.19. The van der Waals surface area contributed by atoms with Gasteiger partial charge in [-0.3, -0.25) is 14.5 Å². The van der Waals surface area contributed by atoms with Gasteiger partial charge < -0.3 is 30.1 Å². The van der Waals surface area contributed by atoms with Crippen LogP contribution in [0.1, 0.15) is 83.3 Å². The first kappa shape index (κ1) is 35.7. The predicted molar refractivity (Wildman–Crippen MR) is 182 cm³/mol. The number of rotatable bonds is 9. The fraction of sp³-hybridized carbons (Fsp3) is 0.541. The van der Waals surface area contributed by atoms with E-state index in [4.69, 9.17) is 9.47 Å². The maximum Gasteiger partial charge on any atom is 0.410 e. The molecule has 1 saturated heterocycles. The smallest absolute Gasteiger partial charge is 0.410 e. The van der Waals surface area contributed by atoms with Crippen LogP contribution < -0.4 is 10.6 Å². The van der Waals surface area contributed by atoms with Gasteiger partial charge in [0.2, 0.25) is 11.8 Å². The SMILES string of the molecule is CC(C(=O)NC(C(=O)N1C[C@@H](NC(=O)OCC2c3ccccc3-c3ccccc32)C[C@H]1C(=O)O)C1CCCCC1)N(C)C(=O)OC(C)(C)C. The van der Waals surface area contributed by atoms with Crippen molar-refractivity contribution in [2.45, 2.75) is 102 Å². The summed E-state index contributed by atoms with van der Waals surface area (Å²) in [4.78, 5) is 68.2. The van der Waals surface area contributed by atoms with Crippen LogP contribution in [-0.2, 0) is 23.9 Å². The number of likely N-dealkylation sites (N-methyl/N-ethyl adjacent to an activating group) is 1. The lowest BCUT2D eigenvalue weighted by atomic mass is 9.83. The largest absolute Gasteiger partial charge is 0.480 e. The van der Waals surface area contributed by atoms with Gasteiger partial charge in [-0.1, -0.05) is 67.8 Å². The first-order valence-corrected chi connectivity index (χ1v) is 17.2. The molecule has 2 fully saturated rings. The summed E-state index contributed by atoms with van der Waals surface area (Å²) >= 11 is 0. The van der Waals surface area contributed by atoms with E-state index in [0.717, 1.165) is 41.5 Å². The molecule has 2 aromatic rings. The molecule has 0 aromatic heterocycles. The molecule has 3 aliphatic rings. The molecule has 264 valence electrons. The molecule has 12 heteroatoms. The Bertz CT molecular complexity index is 1520. The third-order valence-corrected chi connectivity index (χ3v) is 9.86. The average Bonchev–Trinajstić information content (AvgIpc) is 3.64. The molecule has 1 aliphatic heterocycles. The number of carboxylic acids is 1. The number of aliphatic carboxylic acids is 1. The first-order valence-electron chi connectivity index (χ1n) is 17.2. The van der Waals surface area contributed by atoms with Crippen molar-refractivity contribution in [3.63, 3.8) is 0 Å². The van der Waals surface area contributed by atoms with E-state index in [1.165, 1.54) is 16.8 Å². The lowest BCUT2D eigenvalue weighted by molar-refractivity contribution is -0.150. The fourth-order valence-corrected chi connectivity index (χ4v) is 7.19. The molecule has 0 spiro atoms.